The van der Waals surface area contributed by atoms with Crippen molar-refractivity contribution in [1.82, 2.24) is 10.2 Å². The predicted octanol–water partition coefficient (Wildman–Crippen LogP) is 3.10. The molecule has 10 heteroatoms. The normalized spacial score (nSPS) is 18.3. The molecule has 0 fully saturated rings. The van der Waals surface area contributed by atoms with E-state index in [2.05, 4.69) is 10.1 Å². The van der Waals surface area contributed by atoms with Gasteiger partial charge in [-0.15, -0.1) is 0 Å². The number of hydrogen-bond donors (Lipinski definition) is 1. The Bertz CT molecular complexity index is 991. The zero-order chi connectivity index (χ0) is 24.1. The summed E-state index contributed by atoms with van der Waals surface area (Å²) in [6.07, 6.45) is 3.57. The van der Waals surface area contributed by atoms with E-state index in [1.807, 2.05) is 4.90 Å². The first-order valence-electron chi connectivity index (χ1n) is 10.5. The Balaban J connectivity index is 1.99. The number of ketones is 1. The molecule has 1 heterocycles. The highest BCUT2D eigenvalue weighted by Crippen LogP contribution is 2.40. The van der Waals surface area contributed by atoms with Crippen LogP contribution in [0.5, 0.6) is 11.5 Å². The lowest BCUT2D eigenvalue weighted by Crippen LogP contribution is -2.32. The van der Waals surface area contributed by atoms with Gasteiger partial charge in [0, 0.05) is 37.4 Å². The molecule has 0 saturated carbocycles. The number of rotatable bonds is 9. The Morgan fingerprint density at radius 2 is 2.03 bits per heavy atom. The van der Waals surface area contributed by atoms with Gasteiger partial charge >= 0.3 is 12.6 Å². The fraction of sp³-hybridized carbons (Fsp3) is 0.435. The van der Waals surface area contributed by atoms with Crippen LogP contribution < -0.4 is 14.8 Å². The van der Waals surface area contributed by atoms with E-state index in [4.69, 9.17) is 9.47 Å². The highest BCUT2D eigenvalue weighted by atomic mass is 19.3. The maximum Gasteiger partial charge on any atom is 0.387 e. The first kappa shape index (κ1) is 24.2. The Morgan fingerprint density at radius 1 is 1.27 bits per heavy atom. The zero-order valence-corrected chi connectivity index (χ0v) is 18.6. The molecule has 0 radical (unpaired) electrons. The Labute approximate surface area is 190 Å². The highest BCUT2D eigenvalue weighted by molar-refractivity contribution is 5.90. The van der Waals surface area contributed by atoms with Crippen molar-refractivity contribution in [2.75, 3.05) is 20.3 Å². The number of esters is 1. The molecule has 0 spiro atoms. The van der Waals surface area contributed by atoms with E-state index >= 15 is 0 Å². The molecule has 178 valence electrons. The molecule has 1 aliphatic carbocycles. The number of Topliss-reactive ketones (excluding diaryl/α,β-unsaturated/α-hetero) is 1. The smallest absolute Gasteiger partial charge is 0.387 e. The molecule has 1 aromatic rings. The second-order valence-corrected chi connectivity index (χ2v) is 7.62. The Morgan fingerprint density at radius 3 is 2.67 bits per heavy atom. The fourth-order valence-corrected chi connectivity index (χ4v) is 4.02. The minimum absolute atomic E-state index is 0.00496. The molecule has 8 nitrogen and oxygen atoms in total. The van der Waals surface area contributed by atoms with Crippen LogP contribution in [0.25, 0.3) is 0 Å². The third-order valence-electron chi connectivity index (χ3n) is 5.45. The van der Waals surface area contributed by atoms with Gasteiger partial charge in [0.05, 0.1) is 32.1 Å². The van der Waals surface area contributed by atoms with Crippen LogP contribution in [0.4, 0.5) is 8.78 Å². The number of fused-ring (bicyclic) bond motifs is 1. The summed E-state index contributed by atoms with van der Waals surface area (Å²) in [5.41, 5.74) is 1.83. The molecule has 2 atom stereocenters. The first-order valence-corrected chi connectivity index (χ1v) is 10.5. The monoisotopic (exact) mass is 464 g/mol. The SMILES string of the molecule is CCOc1cc(C(CC(=O)OC)N2C=C3C(NC(C)=O)=CCC(=O)C3C2)ccc1OC(F)F. The molecule has 1 aliphatic heterocycles. The van der Waals surface area contributed by atoms with Gasteiger partial charge < -0.3 is 24.4 Å². The molecule has 2 aliphatic rings. The summed E-state index contributed by atoms with van der Waals surface area (Å²) in [5.74, 6) is -1.19. The molecule has 0 aromatic heterocycles. The van der Waals surface area contributed by atoms with Crippen molar-refractivity contribution >= 4 is 17.7 Å². The third-order valence-corrected chi connectivity index (χ3v) is 5.45. The Kier molecular flexibility index (Phi) is 7.67. The van der Waals surface area contributed by atoms with Gasteiger partial charge in [-0.2, -0.15) is 8.78 Å². The van der Waals surface area contributed by atoms with Crippen molar-refractivity contribution in [1.29, 1.82) is 0 Å². The fourth-order valence-electron chi connectivity index (χ4n) is 4.02. The second kappa shape index (κ2) is 10.5. The van der Waals surface area contributed by atoms with Crippen LogP contribution in [0.3, 0.4) is 0 Å². The number of alkyl halides is 2. The van der Waals surface area contributed by atoms with E-state index in [1.54, 1.807) is 31.3 Å². The van der Waals surface area contributed by atoms with Crippen molar-refractivity contribution in [3.05, 3.63) is 47.3 Å². The number of benzene rings is 1. The van der Waals surface area contributed by atoms with Gasteiger partial charge in [0.15, 0.2) is 11.5 Å². The van der Waals surface area contributed by atoms with Crippen LogP contribution in [0, 0.1) is 5.92 Å². The summed E-state index contributed by atoms with van der Waals surface area (Å²) in [5, 5.41) is 2.75. The van der Waals surface area contributed by atoms with Crippen LogP contribution in [0.15, 0.2) is 41.7 Å². The van der Waals surface area contributed by atoms with Crippen molar-refractivity contribution in [2.24, 2.45) is 5.92 Å². The number of hydrogen-bond acceptors (Lipinski definition) is 7. The van der Waals surface area contributed by atoms with Crippen LogP contribution >= 0.6 is 0 Å². The van der Waals surface area contributed by atoms with Crippen LogP contribution in [0.2, 0.25) is 0 Å². The minimum Gasteiger partial charge on any atom is -0.490 e. The molecule has 33 heavy (non-hydrogen) atoms. The molecule has 1 amide bonds. The van der Waals surface area contributed by atoms with Gasteiger partial charge in [0.2, 0.25) is 5.91 Å². The quantitative estimate of drug-likeness (QED) is 0.561. The summed E-state index contributed by atoms with van der Waals surface area (Å²) >= 11 is 0. The van der Waals surface area contributed by atoms with Gasteiger partial charge in [-0.3, -0.25) is 14.4 Å². The summed E-state index contributed by atoms with van der Waals surface area (Å²) in [4.78, 5) is 38.2. The molecule has 3 rings (SSSR count). The van der Waals surface area contributed by atoms with Gasteiger partial charge in [0.1, 0.15) is 5.78 Å². The lowest BCUT2D eigenvalue weighted by molar-refractivity contribution is -0.141. The van der Waals surface area contributed by atoms with E-state index in [1.165, 1.54) is 20.1 Å². The summed E-state index contributed by atoms with van der Waals surface area (Å²) < 4.78 is 40.4. The number of carbonyl (C=O) groups excluding carboxylic acids is 3. The van der Waals surface area contributed by atoms with Crippen molar-refractivity contribution in [3.8, 4) is 11.5 Å². The van der Waals surface area contributed by atoms with Crippen LogP contribution in [-0.2, 0) is 19.1 Å². The van der Waals surface area contributed by atoms with E-state index in [0.717, 1.165) is 0 Å². The number of methoxy groups -OCH3 is 1. The van der Waals surface area contributed by atoms with Crippen molar-refractivity contribution in [2.45, 2.75) is 39.3 Å². The maximum atomic E-state index is 12.8. The van der Waals surface area contributed by atoms with Gasteiger partial charge in [0.25, 0.3) is 0 Å². The van der Waals surface area contributed by atoms with Gasteiger partial charge in [-0.1, -0.05) is 12.1 Å². The summed E-state index contributed by atoms with van der Waals surface area (Å²) in [6, 6.07) is 3.91. The standard InChI is InChI=1S/C23H26F2N2O6/c1-4-32-21-9-14(5-8-20(21)33-23(24)25)18(10-22(30)31-3)27-11-15-16(12-27)19(29)7-6-17(15)26-13(2)28/h5-6,8-9,11,16,18,23H,4,7,10,12H2,1-3H3,(H,26,28). The number of allylic oxidation sites excluding steroid dienone is 2. The molecule has 1 N–H and O–H groups in total. The molecule has 0 bridgehead atoms. The average molecular weight is 464 g/mol. The van der Waals surface area contributed by atoms with E-state index in [-0.39, 0.29) is 42.6 Å². The number of amides is 1. The highest BCUT2D eigenvalue weighted by Gasteiger charge is 2.38. The van der Waals surface area contributed by atoms with E-state index in [9.17, 15) is 23.2 Å². The molecular formula is C23H26F2N2O6. The number of ether oxygens (including phenoxy) is 3. The van der Waals surface area contributed by atoms with Crippen molar-refractivity contribution < 1.29 is 37.4 Å². The number of nitrogens with one attached hydrogen (secondary N) is 1. The molecule has 0 saturated heterocycles. The molecular weight excluding hydrogens is 438 g/mol. The van der Waals surface area contributed by atoms with Gasteiger partial charge in [-0.05, 0) is 24.6 Å². The summed E-state index contributed by atoms with van der Waals surface area (Å²) in [7, 11) is 1.27. The zero-order valence-electron chi connectivity index (χ0n) is 18.6. The van der Waals surface area contributed by atoms with Crippen molar-refractivity contribution in [3.63, 3.8) is 0 Å². The summed E-state index contributed by atoms with van der Waals surface area (Å²) in [6.45, 7) is 0.600. The predicted molar refractivity (Wildman–Crippen MR) is 113 cm³/mol. The van der Waals surface area contributed by atoms with Crippen LogP contribution in [0.1, 0.15) is 38.3 Å². The Hall–Kier alpha value is -3.43. The van der Waals surface area contributed by atoms with Crippen LogP contribution in [-0.4, -0.2) is 49.4 Å². The lowest BCUT2D eigenvalue weighted by atomic mass is 9.88. The molecule has 1 aromatic carbocycles. The minimum atomic E-state index is -3.02. The molecule has 2 unspecified atom stereocenters. The number of nitrogens with zero attached hydrogens (tertiary/aromatic N) is 1. The average Bonchev–Trinajstić information content (AvgIpc) is 3.21. The van der Waals surface area contributed by atoms with E-state index < -0.39 is 24.5 Å². The second-order valence-electron chi connectivity index (χ2n) is 7.62. The third kappa shape index (κ3) is 5.68. The topological polar surface area (TPSA) is 94.2 Å². The maximum absolute atomic E-state index is 12.8. The lowest BCUT2D eigenvalue weighted by Gasteiger charge is -2.29. The number of halogens is 2. The largest absolute Gasteiger partial charge is 0.490 e. The number of carbonyl (C=O) groups is 3. The first-order chi connectivity index (χ1) is 15.7. The van der Waals surface area contributed by atoms with E-state index in [0.29, 0.717) is 23.4 Å². The van der Waals surface area contributed by atoms with Gasteiger partial charge in [-0.25, -0.2) is 0 Å².